The van der Waals surface area contributed by atoms with Crippen LogP contribution < -0.4 is 0 Å². The lowest BCUT2D eigenvalue weighted by atomic mass is 10.1. The maximum Gasteiger partial charge on any atom is 0.243 e. The number of hydrogen-bond donors (Lipinski definition) is 0. The van der Waals surface area contributed by atoms with Crippen LogP contribution >= 0.6 is 11.6 Å². The Labute approximate surface area is 132 Å². The van der Waals surface area contributed by atoms with Crippen molar-refractivity contribution in [2.45, 2.75) is 37.7 Å². The number of sulfonamides is 1. The van der Waals surface area contributed by atoms with Gasteiger partial charge in [0, 0.05) is 19.0 Å². The van der Waals surface area contributed by atoms with Gasteiger partial charge in [-0.3, -0.25) is 0 Å². The molecule has 1 aliphatic rings. The summed E-state index contributed by atoms with van der Waals surface area (Å²) in [5, 5.41) is 0. The van der Waals surface area contributed by atoms with Crippen molar-refractivity contribution in [3.8, 4) is 0 Å². The molecule has 1 aromatic rings. The zero-order valence-corrected chi connectivity index (χ0v) is 14.1. The summed E-state index contributed by atoms with van der Waals surface area (Å²) >= 11 is 5.60. The predicted molar refractivity (Wildman–Crippen MR) is 84.4 cm³/mol. The maximum absolute atomic E-state index is 12.6. The van der Waals surface area contributed by atoms with Gasteiger partial charge in [-0.05, 0) is 49.9 Å². The second kappa shape index (κ2) is 7.09. The standard InChI is InChI=1S/C15H22ClNO3S/c1-12-3-4-15(11-13(12)2)21(18,19)17-8-5-14(6-9-17)20-10-7-16/h3-4,11,14H,5-10H2,1-2H3. The van der Waals surface area contributed by atoms with Crippen molar-refractivity contribution in [1.82, 2.24) is 4.31 Å². The predicted octanol–water partition coefficient (Wildman–Crippen LogP) is 2.71. The van der Waals surface area contributed by atoms with Crippen LogP contribution in [0.25, 0.3) is 0 Å². The molecule has 2 rings (SSSR count). The first-order chi connectivity index (χ1) is 9.95. The summed E-state index contributed by atoms with van der Waals surface area (Å²) in [6, 6.07) is 5.30. The van der Waals surface area contributed by atoms with Crippen LogP contribution in [0.2, 0.25) is 0 Å². The van der Waals surface area contributed by atoms with Gasteiger partial charge in [-0.15, -0.1) is 11.6 Å². The average Bonchev–Trinajstić information content (AvgIpc) is 2.48. The third-order valence-corrected chi connectivity index (χ3v) is 6.00. The number of hydrogen-bond acceptors (Lipinski definition) is 3. The number of alkyl halides is 1. The number of aryl methyl sites for hydroxylation is 2. The molecule has 0 unspecified atom stereocenters. The first kappa shape index (κ1) is 16.7. The molecular formula is C15H22ClNO3S. The molecule has 0 spiro atoms. The van der Waals surface area contributed by atoms with Gasteiger partial charge in [0.1, 0.15) is 0 Å². The molecule has 1 heterocycles. The highest BCUT2D eigenvalue weighted by atomic mass is 35.5. The minimum atomic E-state index is -3.39. The van der Waals surface area contributed by atoms with Gasteiger partial charge >= 0.3 is 0 Å². The monoisotopic (exact) mass is 331 g/mol. The summed E-state index contributed by atoms with van der Waals surface area (Å²) in [4.78, 5) is 0.380. The third-order valence-electron chi connectivity index (χ3n) is 3.95. The Morgan fingerprint density at radius 3 is 2.48 bits per heavy atom. The summed E-state index contributed by atoms with van der Waals surface area (Å²) in [6.45, 7) is 5.44. The van der Waals surface area contributed by atoms with Crippen LogP contribution in [-0.2, 0) is 14.8 Å². The topological polar surface area (TPSA) is 46.6 Å². The van der Waals surface area contributed by atoms with Gasteiger partial charge in [-0.1, -0.05) is 6.07 Å². The van der Waals surface area contributed by atoms with E-state index in [0.717, 1.165) is 24.0 Å². The Hall–Kier alpha value is -0.620. The van der Waals surface area contributed by atoms with Gasteiger partial charge in [-0.25, -0.2) is 8.42 Å². The molecule has 0 saturated carbocycles. The van der Waals surface area contributed by atoms with Crippen molar-refractivity contribution in [1.29, 1.82) is 0 Å². The van der Waals surface area contributed by atoms with E-state index >= 15 is 0 Å². The fourth-order valence-corrected chi connectivity index (χ4v) is 4.12. The molecule has 0 bridgehead atoms. The molecule has 0 amide bonds. The van der Waals surface area contributed by atoms with Gasteiger partial charge in [0.05, 0.1) is 17.6 Å². The molecule has 118 valence electrons. The minimum absolute atomic E-state index is 0.120. The largest absolute Gasteiger partial charge is 0.377 e. The lowest BCUT2D eigenvalue weighted by molar-refractivity contribution is 0.0301. The molecule has 1 aromatic carbocycles. The third kappa shape index (κ3) is 3.97. The summed E-state index contributed by atoms with van der Waals surface area (Å²) < 4.78 is 32.4. The zero-order valence-electron chi connectivity index (χ0n) is 12.5. The number of ether oxygens (including phenoxy) is 1. The van der Waals surface area contributed by atoms with Crippen LogP contribution in [0.1, 0.15) is 24.0 Å². The first-order valence-corrected chi connectivity index (χ1v) is 9.17. The normalized spacial score (nSPS) is 18.0. The second-order valence-corrected chi connectivity index (χ2v) is 7.73. The van der Waals surface area contributed by atoms with Crippen molar-refractivity contribution < 1.29 is 13.2 Å². The van der Waals surface area contributed by atoms with Gasteiger partial charge in [0.15, 0.2) is 0 Å². The van der Waals surface area contributed by atoms with E-state index in [2.05, 4.69) is 0 Å². The van der Waals surface area contributed by atoms with E-state index in [-0.39, 0.29) is 6.10 Å². The van der Waals surface area contributed by atoms with Crippen LogP contribution in [0.3, 0.4) is 0 Å². The Morgan fingerprint density at radius 1 is 1.24 bits per heavy atom. The fraction of sp³-hybridized carbons (Fsp3) is 0.600. The van der Waals surface area contributed by atoms with Crippen molar-refractivity contribution in [3.05, 3.63) is 29.3 Å². The number of rotatable bonds is 5. The fourth-order valence-electron chi connectivity index (χ4n) is 2.47. The summed E-state index contributed by atoms with van der Waals surface area (Å²) in [5.41, 5.74) is 2.10. The van der Waals surface area contributed by atoms with Crippen molar-refractivity contribution >= 4 is 21.6 Å². The highest BCUT2D eigenvalue weighted by Crippen LogP contribution is 2.23. The molecule has 0 N–H and O–H groups in total. The lowest BCUT2D eigenvalue weighted by Gasteiger charge is -2.31. The average molecular weight is 332 g/mol. The SMILES string of the molecule is Cc1ccc(S(=O)(=O)N2CCC(OCCCl)CC2)cc1C. The molecule has 6 heteroatoms. The quantitative estimate of drug-likeness (QED) is 0.779. The van der Waals surface area contributed by atoms with Gasteiger partial charge in [0.2, 0.25) is 10.0 Å². The Bertz CT molecular complexity index is 581. The van der Waals surface area contributed by atoms with Gasteiger partial charge in [0.25, 0.3) is 0 Å². The lowest BCUT2D eigenvalue weighted by Crippen LogP contribution is -2.41. The van der Waals surface area contributed by atoms with Crippen molar-refractivity contribution in [2.24, 2.45) is 0 Å². The smallest absolute Gasteiger partial charge is 0.243 e. The molecule has 1 aliphatic heterocycles. The summed E-state index contributed by atoms with van der Waals surface area (Å²) in [7, 11) is -3.39. The Balaban J connectivity index is 2.06. The first-order valence-electron chi connectivity index (χ1n) is 7.20. The number of nitrogens with zero attached hydrogens (tertiary/aromatic N) is 1. The number of benzene rings is 1. The molecule has 1 fully saturated rings. The summed E-state index contributed by atoms with van der Waals surface area (Å²) in [6.07, 6.45) is 1.57. The van der Waals surface area contributed by atoms with Gasteiger partial charge in [-0.2, -0.15) is 4.31 Å². The molecule has 0 radical (unpaired) electrons. The zero-order chi connectivity index (χ0) is 15.5. The van der Waals surface area contributed by atoms with E-state index in [1.165, 1.54) is 0 Å². The van der Waals surface area contributed by atoms with E-state index in [9.17, 15) is 8.42 Å². The molecular weight excluding hydrogens is 310 g/mol. The van der Waals surface area contributed by atoms with Crippen LogP contribution in [0, 0.1) is 13.8 Å². The molecule has 1 saturated heterocycles. The van der Waals surface area contributed by atoms with Crippen LogP contribution in [0.15, 0.2) is 23.1 Å². The van der Waals surface area contributed by atoms with Gasteiger partial charge < -0.3 is 4.74 Å². The van der Waals surface area contributed by atoms with E-state index in [0.29, 0.717) is 30.5 Å². The minimum Gasteiger partial charge on any atom is -0.377 e. The molecule has 21 heavy (non-hydrogen) atoms. The number of piperidine rings is 1. The highest BCUT2D eigenvalue weighted by molar-refractivity contribution is 7.89. The molecule has 0 atom stereocenters. The Morgan fingerprint density at radius 2 is 1.90 bits per heavy atom. The Kier molecular flexibility index (Phi) is 5.66. The van der Waals surface area contributed by atoms with Crippen LogP contribution in [0.5, 0.6) is 0 Å². The van der Waals surface area contributed by atoms with E-state index in [1.54, 1.807) is 16.4 Å². The van der Waals surface area contributed by atoms with E-state index < -0.39 is 10.0 Å². The van der Waals surface area contributed by atoms with E-state index in [1.807, 2.05) is 19.9 Å². The molecule has 0 aromatic heterocycles. The number of halogens is 1. The van der Waals surface area contributed by atoms with Crippen molar-refractivity contribution in [3.63, 3.8) is 0 Å². The van der Waals surface area contributed by atoms with Crippen LogP contribution in [0.4, 0.5) is 0 Å². The maximum atomic E-state index is 12.6. The van der Waals surface area contributed by atoms with Crippen LogP contribution in [-0.4, -0.2) is 44.4 Å². The summed E-state index contributed by atoms with van der Waals surface area (Å²) in [5.74, 6) is 0.473. The molecule has 4 nitrogen and oxygen atoms in total. The highest BCUT2D eigenvalue weighted by Gasteiger charge is 2.29. The second-order valence-electron chi connectivity index (χ2n) is 5.41. The van der Waals surface area contributed by atoms with E-state index in [4.69, 9.17) is 16.3 Å². The molecule has 0 aliphatic carbocycles. The van der Waals surface area contributed by atoms with Crippen molar-refractivity contribution in [2.75, 3.05) is 25.6 Å².